The van der Waals surface area contributed by atoms with Gasteiger partial charge in [-0.1, -0.05) is 56.7 Å². The van der Waals surface area contributed by atoms with Gasteiger partial charge in [0.05, 0.1) is 12.0 Å². The Hall–Kier alpha value is -4.39. The van der Waals surface area contributed by atoms with E-state index in [0.29, 0.717) is 22.7 Å². The van der Waals surface area contributed by atoms with Crippen molar-refractivity contribution in [2.75, 3.05) is 17.0 Å². The van der Waals surface area contributed by atoms with Gasteiger partial charge in [-0.3, -0.25) is 14.4 Å². The van der Waals surface area contributed by atoms with E-state index in [1.807, 2.05) is 71.0 Å². The molecule has 7 nitrogen and oxygen atoms in total. The SMILES string of the molecule is CC1=C[C@@H]2N(c3ccc(C)cc31)[C@H](C(=O)C(C)(C)C)[C@@H](C(=O)c1ccc3c(c1)OCO3)[C@@]21C(=O)Nc2ccccc21. The van der Waals surface area contributed by atoms with Gasteiger partial charge in [0.25, 0.3) is 0 Å². The van der Waals surface area contributed by atoms with Crippen LogP contribution < -0.4 is 19.7 Å². The summed E-state index contributed by atoms with van der Waals surface area (Å²) in [6.45, 7) is 9.78. The quantitative estimate of drug-likeness (QED) is 0.423. The lowest BCUT2D eigenvalue weighted by molar-refractivity contribution is -0.128. The van der Waals surface area contributed by atoms with Crippen LogP contribution >= 0.6 is 0 Å². The number of hydrogen-bond donors (Lipinski definition) is 1. The maximum atomic E-state index is 14.9. The van der Waals surface area contributed by atoms with E-state index in [4.69, 9.17) is 9.47 Å². The molecule has 7 heteroatoms. The summed E-state index contributed by atoms with van der Waals surface area (Å²) in [5.41, 5.74) is 3.66. The predicted molar refractivity (Wildman–Crippen MR) is 156 cm³/mol. The van der Waals surface area contributed by atoms with Gasteiger partial charge in [0, 0.05) is 27.9 Å². The largest absolute Gasteiger partial charge is 0.454 e. The van der Waals surface area contributed by atoms with E-state index in [1.165, 1.54) is 0 Å². The Bertz CT molecular complexity index is 1700. The maximum absolute atomic E-state index is 14.9. The van der Waals surface area contributed by atoms with Crippen molar-refractivity contribution in [3.63, 3.8) is 0 Å². The van der Waals surface area contributed by atoms with Crippen molar-refractivity contribution < 1.29 is 23.9 Å². The van der Waals surface area contributed by atoms with Crippen LogP contribution in [0.2, 0.25) is 0 Å². The Morgan fingerprint density at radius 3 is 2.51 bits per heavy atom. The Morgan fingerprint density at radius 1 is 0.976 bits per heavy atom. The first-order valence-corrected chi connectivity index (χ1v) is 14.0. The van der Waals surface area contributed by atoms with Crippen LogP contribution in [0.3, 0.4) is 0 Å². The predicted octanol–water partition coefficient (Wildman–Crippen LogP) is 5.70. The molecular weight excluding hydrogens is 516 g/mol. The summed E-state index contributed by atoms with van der Waals surface area (Å²) in [7, 11) is 0. The van der Waals surface area contributed by atoms with E-state index in [9.17, 15) is 14.4 Å². The fourth-order valence-electron chi connectivity index (χ4n) is 7.22. The number of ether oxygens (including phenoxy) is 2. The van der Waals surface area contributed by atoms with E-state index in [1.54, 1.807) is 18.2 Å². The standard InChI is InChI=1S/C34H32N2O5/c1-18-10-12-24-21(14-18)19(2)15-27-34(22-8-6-7-9-23(22)35-32(34)39)28(29(36(24)27)31(38)33(3,4)5)30(37)20-11-13-25-26(16-20)41-17-40-25/h6-16,27-29H,17H2,1-5H3,(H,35,39)/t27-,28-,29-,34-/m0/s1. The van der Waals surface area contributed by atoms with Crippen LogP contribution in [0.4, 0.5) is 11.4 Å². The third-order valence-electron chi connectivity index (χ3n) is 9.08. The van der Waals surface area contributed by atoms with Crippen LogP contribution in [-0.2, 0) is 15.0 Å². The second-order valence-corrected chi connectivity index (χ2v) is 12.6. The molecule has 3 aromatic carbocycles. The summed E-state index contributed by atoms with van der Waals surface area (Å²) < 4.78 is 11.1. The van der Waals surface area contributed by atoms with Crippen molar-refractivity contribution in [1.29, 1.82) is 0 Å². The zero-order chi connectivity index (χ0) is 28.8. The molecule has 0 radical (unpaired) electrons. The normalized spacial score (nSPS) is 25.4. The van der Waals surface area contributed by atoms with Gasteiger partial charge in [-0.15, -0.1) is 0 Å². The Balaban J connectivity index is 1.54. The van der Waals surface area contributed by atoms with Crippen LogP contribution in [0, 0.1) is 18.3 Å². The van der Waals surface area contributed by atoms with Crippen LogP contribution in [0.1, 0.15) is 54.7 Å². The number of amides is 1. The molecule has 41 heavy (non-hydrogen) atoms. The lowest BCUT2D eigenvalue weighted by Gasteiger charge is -2.40. The average molecular weight is 549 g/mol. The fraction of sp³-hybridized carbons (Fsp3) is 0.324. The number of hydrogen-bond acceptors (Lipinski definition) is 6. The van der Waals surface area contributed by atoms with Crippen molar-refractivity contribution in [1.82, 2.24) is 0 Å². The second-order valence-electron chi connectivity index (χ2n) is 12.6. The number of ketones is 2. The van der Waals surface area contributed by atoms with Crippen LogP contribution in [-0.4, -0.2) is 36.4 Å². The molecule has 7 rings (SSSR count). The zero-order valence-corrected chi connectivity index (χ0v) is 23.8. The van der Waals surface area contributed by atoms with E-state index in [2.05, 4.69) is 22.4 Å². The monoisotopic (exact) mass is 548 g/mol. The number of nitrogens with one attached hydrogen (secondary N) is 1. The van der Waals surface area contributed by atoms with Crippen molar-refractivity contribution in [2.24, 2.45) is 11.3 Å². The molecule has 0 saturated carbocycles. The highest BCUT2D eigenvalue weighted by Gasteiger charge is 2.71. The molecule has 3 aromatic rings. The van der Waals surface area contributed by atoms with Gasteiger partial charge >= 0.3 is 0 Å². The van der Waals surface area contributed by atoms with Gasteiger partial charge < -0.3 is 19.7 Å². The number of fused-ring (bicyclic) bond motifs is 7. The highest BCUT2D eigenvalue weighted by molar-refractivity contribution is 6.17. The van der Waals surface area contributed by atoms with Crippen molar-refractivity contribution in [2.45, 2.75) is 52.1 Å². The van der Waals surface area contributed by atoms with Gasteiger partial charge in [-0.2, -0.15) is 0 Å². The van der Waals surface area contributed by atoms with Crippen molar-refractivity contribution in [3.05, 3.63) is 89.0 Å². The minimum absolute atomic E-state index is 0.0807. The number of Topliss-reactive ketones (excluding diaryl/α,β-unsaturated/α-hetero) is 2. The van der Waals surface area contributed by atoms with E-state index >= 15 is 0 Å². The number of carbonyl (C=O) groups excluding carboxylic acids is 3. The molecule has 0 bridgehead atoms. The topological polar surface area (TPSA) is 84.9 Å². The first kappa shape index (κ1) is 25.6. The molecule has 4 aliphatic heterocycles. The number of carbonyl (C=O) groups is 3. The van der Waals surface area contributed by atoms with Crippen LogP contribution in [0.5, 0.6) is 11.5 Å². The van der Waals surface area contributed by atoms with Gasteiger partial charge in [0.15, 0.2) is 23.1 Å². The molecule has 1 spiro atoms. The highest BCUT2D eigenvalue weighted by Crippen LogP contribution is 2.59. The smallest absolute Gasteiger partial charge is 0.238 e. The van der Waals surface area contributed by atoms with Gasteiger partial charge in [0.1, 0.15) is 11.5 Å². The maximum Gasteiger partial charge on any atom is 0.238 e. The minimum atomic E-state index is -1.33. The number of benzene rings is 3. The average Bonchev–Trinajstić information content (AvgIpc) is 3.61. The van der Waals surface area contributed by atoms with E-state index < -0.39 is 28.8 Å². The number of para-hydroxylation sites is 1. The van der Waals surface area contributed by atoms with Crippen molar-refractivity contribution >= 4 is 34.4 Å². The molecule has 1 amide bonds. The lowest BCUT2D eigenvalue weighted by Crippen LogP contribution is -2.51. The van der Waals surface area contributed by atoms with Gasteiger partial charge in [-0.25, -0.2) is 0 Å². The highest BCUT2D eigenvalue weighted by atomic mass is 16.7. The molecule has 1 saturated heterocycles. The number of rotatable bonds is 3. The lowest BCUT2D eigenvalue weighted by atomic mass is 9.63. The molecule has 1 N–H and O–H groups in total. The van der Waals surface area contributed by atoms with Crippen LogP contribution in [0.15, 0.2) is 66.7 Å². The molecule has 208 valence electrons. The summed E-state index contributed by atoms with van der Waals surface area (Å²) in [6.07, 6.45) is 2.08. The molecule has 0 unspecified atom stereocenters. The Morgan fingerprint density at radius 2 is 1.73 bits per heavy atom. The van der Waals surface area contributed by atoms with Gasteiger partial charge in [0.2, 0.25) is 12.7 Å². The summed E-state index contributed by atoms with van der Waals surface area (Å²) in [5.74, 6) is -0.584. The summed E-state index contributed by atoms with van der Waals surface area (Å²) in [6, 6.07) is 17.4. The molecule has 4 heterocycles. The number of anilines is 2. The molecule has 0 aromatic heterocycles. The second kappa shape index (κ2) is 8.56. The molecule has 4 atom stereocenters. The third kappa shape index (κ3) is 3.41. The van der Waals surface area contributed by atoms with E-state index in [-0.39, 0.29) is 24.3 Å². The molecule has 1 fully saturated rings. The summed E-state index contributed by atoms with van der Waals surface area (Å²) in [5, 5.41) is 3.08. The van der Waals surface area contributed by atoms with Crippen LogP contribution in [0.25, 0.3) is 5.57 Å². The first-order valence-electron chi connectivity index (χ1n) is 14.0. The minimum Gasteiger partial charge on any atom is -0.454 e. The van der Waals surface area contributed by atoms with Crippen molar-refractivity contribution in [3.8, 4) is 11.5 Å². The van der Waals surface area contributed by atoms with E-state index in [0.717, 1.165) is 28.0 Å². The number of nitrogens with zero attached hydrogens (tertiary/aromatic N) is 1. The molecular formula is C34H32N2O5. The Labute approximate surface area is 239 Å². The summed E-state index contributed by atoms with van der Waals surface area (Å²) >= 11 is 0. The Kier molecular flexibility index (Phi) is 5.34. The molecule has 4 aliphatic rings. The summed E-state index contributed by atoms with van der Waals surface area (Å²) in [4.78, 5) is 46.0. The molecule has 0 aliphatic carbocycles. The van der Waals surface area contributed by atoms with Gasteiger partial charge in [-0.05, 0) is 61.4 Å². The fourth-order valence-corrected chi connectivity index (χ4v) is 7.22. The number of allylic oxidation sites excluding steroid dienone is 1. The zero-order valence-electron chi connectivity index (χ0n) is 23.8. The number of aryl methyl sites for hydroxylation is 1. The third-order valence-corrected chi connectivity index (χ3v) is 9.08. The first-order chi connectivity index (χ1) is 19.5.